The fraction of sp³-hybridized carbons (Fsp3) is 0.375. The fourth-order valence-corrected chi connectivity index (χ4v) is 2.14. The van der Waals surface area contributed by atoms with E-state index in [2.05, 4.69) is 9.98 Å². The molecule has 0 amide bonds. The highest BCUT2D eigenvalue weighted by molar-refractivity contribution is 8.02. The number of allylic oxidation sites excluding steroid dienone is 4. The minimum Gasteiger partial charge on any atom is -0.467 e. The monoisotopic (exact) mass is 342 g/mol. The molecular weight excluding hydrogens is 325 g/mol. The Hall–Kier alpha value is -1.76. The van der Waals surface area contributed by atoms with Crippen LogP contribution in [0, 0.1) is 0 Å². The molecule has 0 N–H and O–H groups in total. The SMILES string of the molecule is CS/C(C)=C/N=C\C=C(/C)C1=NC2C=C(C(F)(F)F)C=CC2O1. The van der Waals surface area contributed by atoms with Crippen LogP contribution in [-0.2, 0) is 4.74 Å². The second-order valence-electron chi connectivity index (χ2n) is 5.08. The van der Waals surface area contributed by atoms with E-state index in [0.29, 0.717) is 11.5 Å². The minimum atomic E-state index is -4.36. The summed E-state index contributed by atoms with van der Waals surface area (Å²) in [5.41, 5.74) is 0.0296. The zero-order valence-corrected chi connectivity index (χ0v) is 13.8. The summed E-state index contributed by atoms with van der Waals surface area (Å²) in [5, 5.41) is 0. The molecule has 0 radical (unpaired) electrons. The van der Waals surface area contributed by atoms with Crippen LogP contribution in [0.2, 0.25) is 0 Å². The van der Waals surface area contributed by atoms with E-state index in [-0.39, 0.29) is 0 Å². The molecule has 0 saturated heterocycles. The molecule has 0 aromatic carbocycles. The predicted molar refractivity (Wildman–Crippen MR) is 88.9 cm³/mol. The standard InChI is InChI=1S/C16H17F3N2OS/c1-10(6-7-20-9-11(2)23-3)15-21-13-8-12(16(17,18)19)4-5-14(13)22-15/h4-9,13-14H,1-3H3/b10-6+,11-9+,20-7-. The number of aliphatic imine (C=N–C) groups is 2. The van der Waals surface area contributed by atoms with Gasteiger partial charge in [-0.25, -0.2) is 4.99 Å². The van der Waals surface area contributed by atoms with Crippen LogP contribution in [0.1, 0.15) is 13.8 Å². The second-order valence-corrected chi connectivity index (χ2v) is 6.13. The number of halogens is 3. The maximum atomic E-state index is 12.7. The van der Waals surface area contributed by atoms with Crippen molar-refractivity contribution in [2.24, 2.45) is 9.98 Å². The van der Waals surface area contributed by atoms with E-state index in [1.807, 2.05) is 13.2 Å². The topological polar surface area (TPSA) is 34.0 Å². The van der Waals surface area contributed by atoms with Crippen molar-refractivity contribution in [3.05, 3.63) is 46.6 Å². The molecule has 0 spiro atoms. The van der Waals surface area contributed by atoms with Gasteiger partial charge in [-0.3, -0.25) is 4.99 Å². The Labute approximate surface area is 137 Å². The molecule has 23 heavy (non-hydrogen) atoms. The smallest absolute Gasteiger partial charge is 0.416 e. The molecule has 0 saturated carbocycles. The predicted octanol–water partition coefficient (Wildman–Crippen LogP) is 4.45. The Bertz CT molecular complexity index is 642. The van der Waals surface area contributed by atoms with Crippen molar-refractivity contribution >= 4 is 23.9 Å². The van der Waals surface area contributed by atoms with Gasteiger partial charge in [0.05, 0.1) is 5.57 Å². The summed E-state index contributed by atoms with van der Waals surface area (Å²) in [4.78, 5) is 9.41. The molecule has 1 aliphatic heterocycles. The first kappa shape index (κ1) is 17.6. The quantitative estimate of drug-likeness (QED) is 0.707. The largest absolute Gasteiger partial charge is 0.467 e. The van der Waals surface area contributed by atoms with Gasteiger partial charge >= 0.3 is 6.18 Å². The second kappa shape index (κ2) is 7.21. The van der Waals surface area contributed by atoms with Crippen molar-refractivity contribution in [3.63, 3.8) is 0 Å². The van der Waals surface area contributed by atoms with Gasteiger partial charge < -0.3 is 4.74 Å². The highest BCUT2D eigenvalue weighted by atomic mass is 32.2. The van der Waals surface area contributed by atoms with Crippen LogP contribution in [0.15, 0.2) is 56.5 Å². The van der Waals surface area contributed by atoms with Gasteiger partial charge in [0.2, 0.25) is 5.90 Å². The Morgan fingerprint density at radius 1 is 1.39 bits per heavy atom. The summed E-state index contributed by atoms with van der Waals surface area (Å²) in [6.45, 7) is 3.73. The third kappa shape index (κ3) is 4.60. The number of hydrogen-bond acceptors (Lipinski definition) is 4. The highest BCUT2D eigenvalue weighted by Crippen LogP contribution is 2.33. The third-order valence-corrected chi connectivity index (χ3v) is 4.07. The highest BCUT2D eigenvalue weighted by Gasteiger charge is 2.38. The molecule has 3 nitrogen and oxygen atoms in total. The van der Waals surface area contributed by atoms with Crippen molar-refractivity contribution < 1.29 is 17.9 Å². The molecule has 0 aromatic heterocycles. The lowest BCUT2D eigenvalue weighted by Gasteiger charge is -2.18. The number of ether oxygens (including phenoxy) is 1. The molecule has 0 fully saturated rings. The maximum Gasteiger partial charge on any atom is 0.416 e. The maximum absolute atomic E-state index is 12.7. The Balaban J connectivity index is 2.09. The number of nitrogens with zero attached hydrogens (tertiary/aromatic N) is 2. The molecule has 124 valence electrons. The Morgan fingerprint density at radius 2 is 2.13 bits per heavy atom. The number of hydrogen-bond donors (Lipinski definition) is 0. The van der Waals surface area contributed by atoms with Crippen LogP contribution in [0.25, 0.3) is 0 Å². The normalized spacial score (nSPS) is 25.3. The first-order valence-corrected chi connectivity index (χ1v) is 8.16. The Morgan fingerprint density at radius 3 is 2.78 bits per heavy atom. The summed E-state index contributed by atoms with van der Waals surface area (Å²) in [6.07, 6.45) is 5.71. The van der Waals surface area contributed by atoms with E-state index in [0.717, 1.165) is 17.1 Å². The van der Waals surface area contributed by atoms with Gasteiger partial charge in [-0.05, 0) is 43.2 Å². The van der Waals surface area contributed by atoms with E-state index < -0.39 is 23.9 Å². The average Bonchev–Trinajstić information content (AvgIpc) is 2.93. The molecule has 0 bridgehead atoms. The number of alkyl halides is 3. The molecule has 2 aliphatic rings. The number of thioether (sulfide) groups is 1. The van der Waals surface area contributed by atoms with E-state index in [1.165, 1.54) is 6.08 Å². The van der Waals surface area contributed by atoms with Gasteiger partial charge in [0, 0.05) is 18.0 Å². The van der Waals surface area contributed by atoms with Crippen LogP contribution in [0.4, 0.5) is 13.2 Å². The number of fused-ring (bicyclic) bond motifs is 1. The third-order valence-electron chi connectivity index (χ3n) is 3.32. The van der Waals surface area contributed by atoms with Crippen molar-refractivity contribution in [1.82, 2.24) is 0 Å². The van der Waals surface area contributed by atoms with Gasteiger partial charge in [-0.1, -0.05) is 6.08 Å². The van der Waals surface area contributed by atoms with Gasteiger partial charge in [-0.2, -0.15) is 13.2 Å². The van der Waals surface area contributed by atoms with Crippen molar-refractivity contribution in [3.8, 4) is 0 Å². The van der Waals surface area contributed by atoms with E-state index in [1.54, 1.807) is 37.2 Å². The molecule has 1 heterocycles. The van der Waals surface area contributed by atoms with E-state index in [9.17, 15) is 13.2 Å². The molecule has 2 rings (SSSR count). The van der Waals surface area contributed by atoms with E-state index >= 15 is 0 Å². The average molecular weight is 342 g/mol. The van der Waals surface area contributed by atoms with Crippen molar-refractivity contribution in [2.75, 3.05) is 6.26 Å². The molecule has 2 atom stereocenters. The first-order valence-electron chi connectivity index (χ1n) is 6.94. The molecule has 7 heteroatoms. The number of rotatable bonds is 4. The van der Waals surface area contributed by atoms with Gasteiger partial charge in [0.1, 0.15) is 12.1 Å². The van der Waals surface area contributed by atoms with Gasteiger partial charge in [0.15, 0.2) is 0 Å². The fourth-order valence-electron chi connectivity index (χ4n) is 1.97. The molecule has 0 aromatic rings. The summed E-state index contributed by atoms with van der Waals surface area (Å²) in [7, 11) is 0. The summed E-state index contributed by atoms with van der Waals surface area (Å²) in [5.74, 6) is 0.348. The van der Waals surface area contributed by atoms with Crippen LogP contribution >= 0.6 is 11.8 Å². The lowest BCUT2D eigenvalue weighted by molar-refractivity contribution is -0.0889. The molecule has 2 unspecified atom stereocenters. The van der Waals surface area contributed by atoms with Crippen LogP contribution in [0.3, 0.4) is 0 Å². The summed E-state index contributed by atoms with van der Waals surface area (Å²) in [6, 6.07) is -0.634. The van der Waals surface area contributed by atoms with Gasteiger partial charge in [-0.15, -0.1) is 11.8 Å². The Kier molecular flexibility index (Phi) is 5.51. The van der Waals surface area contributed by atoms with Crippen molar-refractivity contribution in [1.29, 1.82) is 0 Å². The van der Waals surface area contributed by atoms with Gasteiger partial charge in [0.25, 0.3) is 0 Å². The van der Waals surface area contributed by atoms with Crippen molar-refractivity contribution in [2.45, 2.75) is 32.2 Å². The lowest BCUT2D eigenvalue weighted by Crippen LogP contribution is -2.24. The minimum absolute atomic E-state index is 0.348. The van der Waals surface area contributed by atoms with E-state index in [4.69, 9.17) is 4.74 Å². The molecular formula is C16H17F3N2OS. The summed E-state index contributed by atoms with van der Waals surface area (Å²) < 4.78 is 43.7. The first-order chi connectivity index (χ1) is 10.8. The lowest BCUT2D eigenvalue weighted by atomic mass is 10.0. The zero-order valence-electron chi connectivity index (χ0n) is 13.0. The molecule has 1 aliphatic carbocycles. The van der Waals surface area contributed by atoms with Crippen LogP contribution in [-0.4, -0.2) is 36.7 Å². The summed E-state index contributed by atoms with van der Waals surface area (Å²) >= 11 is 1.60. The zero-order chi connectivity index (χ0) is 17.0. The van der Waals surface area contributed by atoms with Crippen LogP contribution < -0.4 is 0 Å². The van der Waals surface area contributed by atoms with Crippen LogP contribution in [0.5, 0.6) is 0 Å².